The van der Waals surface area contributed by atoms with Crippen molar-refractivity contribution in [3.8, 4) is 0 Å². The van der Waals surface area contributed by atoms with Gasteiger partial charge in [0.2, 0.25) is 0 Å². The molecule has 0 saturated heterocycles. The van der Waals surface area contributed by atoms with E-state index in [1.54, 1.807) is 0 Å². The monoisotopic (exact) mass is 228 g/mol. The molecule has 0 amide bonds. The number of benzene rings is 1. The Morgan fingerprint density at radius 1 is 1.41 bits per heavy atom. The molecule has 1 aliphatic carbocycles. The molecule has 1 heterocycles. The second-order valence-corrected chi connectivity index (χ2v) is 4.75. The van der Waals surface area contributed by atoms with E-state index in [0.29, 0.717) is 12.6 Å². The zero-order valence-corrected chi connectivity index (χ0v) is 9.94. The number of hydrogen-bond donors (Lipinski definition) is 1. The number of carbonyl (C=O) groups excluding carboxylic acids is 1. The highest BCUT2D eigenvalue weighted by Gasteiger charge is 2.22. The molecular weight excluding hydrogens is 212 g/mol. The van der Waals surface area contributed by atoms with Crippen molar-refractivity contribution >= 4 is 16.7 Å². The zero-order valence-electron chi connectivity index (χ0n) is 9.94. The average molecular weight is 228 g/mol. The van der Waals surface area contributed by atoms with Gasteiger partial charge in [0.1, 0.15) is 0 Å². The van der Waals surface area contributed by atoms with Crippen molar-refractivity contribution in [1.29, 1.82) is 0 Å². The molecule has 0 unspecified atom stereocenters. The molecule has 0 radical (unpaired) electrons. The van der Waals surface area contributed by atoms with Crippen molar-refractivity contribution in [2.24, 2.45) is 7.05 Å². The summed E-state index contributed by atoms with van der Waals surface area (Å²) in [5.41, 5.74) is 1.94. The fraction of sp³-hybridized carbons (Fsp3) is 0.357. The van der Waals surface area contributed by atoms with E-state index in [4.69, 9.17) is 0 Å². The van der Waals surface area contributed by atoms with Crippen LogP contribution in [0.25, 0.3) is 10.9 Å². The fourth-order valence-electron chi connectivity index (χ4n) is 2.18. The summed E-state index contributed by atoms with van der Waals surface area (Å²) in [6.45, 7) is 0.457. The van der Waals surface area contributed by atoms with Crippen LogP contribution in [0.15, 0.2) is 30.5 Å². The molecule has 1 saturated carbocycles. The Kier molecular flexibility index (Phi) is 2.48. The summed E-state index contributed by atoms with van der Waals surface area (Å²) >= 11 is 0. The van der Waals surface area contributed by atoms with Crippen LogP contribution in [0.5, 0.6) is 0 Å². The molecule has 0 atom stereocenters. The molecule has 2 aromatic rings. The third-order valence-electron chi connectivity index (χ3n) is 3.33. The first-order valence-electron chi connectivity index (χ1n) is 6.06. The number of nitrogens with one attached hydrogen (secondary N) is 1. The van der Waals surface area contributed by atoms with Gasteiger partial charge in [0.25, 0.3) is 0 Å². The van der Waals surface area contributed by atoms with E-state index in [9.17, 15) is 4.79 Å². The van der Waals surface area contributed by atoms with Crippen molar-refractivity contribution < 1.29 is 4.79 Å². The maximum absolute atomic E-state index is 12.1. The van der Waals surface area contributed by atoms with Crippen molar-refractivity contribution in [2.75, 3.05) is 6.54 Å². The number of para-hydroxylation sites is 1. The largest absolute Gasteiger partial charge is 0.350 e. The molecule has 17 heavy (non-hydrogen) atoms. The Morgan fingerprint density at radius 2 is 2.18 bits per heavy atom. The number of ketones is 1. The molecule has 0 spiro atoms. The molecule has 3 heteroatoms. The Bertz CT molecular complexity index is 567. The second-order valence-electron chi connectivity index (χ2n) is 4.75. The smallest absolute Gasteiger partial charge is 0.178 e. The van der Waals surface area contributed by atoms with Gasteiger partial charge in [0, 0.05) is 35.8 Å². The normalized spacial score (nSPS) is 15.4. The zero-order chi connectivity index (χ0) is 11.8. The Balaban J connectivity index is 1.90. The van der Waals surface area contributed by atoms with E-state index in [2.05, 4.69) is 5.32 Å². The molecule has 3 rings (SSSR count). The molecule has 1 aromatic heterocycles. The van der Waals surface area contributed by atoms with Crippen molar-refractivity contribution in [1.82, 2.24) is 9.88 Å². The lowest BCUT2D eigenvalue weighted by Crippen LogP contribution is -2.24. The summed E-state index contributed by atoms with van der Waals surface area (Å²) < 4.78 is 2.01. The molecule has 88 valence electrons. The van der Waals surface area contributed by atoms with Crippen LogP contribution in [0.4, 0.5) is 0 Å². The molecule has 3 nitrogen and oxygen atoms in total. The van der Waals surface area contributed by atoms with Crippen LogP contribution in [0.3, 0.4) is 0 Å². The Labute approximate surface area is 100 Å². The summed E-state index contributed by atoms with van der Waals surface area (Å²) in [5, 5.41) is 4.32. The Morgan fingerprint density at radius 3 is 2.94 bits per heavy atom. The SMILES string of the molecule is Cn1cc(C(=O)CNC2CC2)c2ccccc21. The number of hydrogen-bond acceptors (Lipinski definition) is 2. The van der Waals surface area contributed by atoms with E-state index in [1.165, 1.54) is 12.8 Å². The number of carbonyl (C=O) groups is 1. The minimum Gasteiger partial charge on any atom is -0.350 e. The van der Waals surface area contributed by atoms with E-state index >= 15 is 0 Å². The lowest BCUT2D eigenvalue weighted by molar-refractivity contribution is 0.0992. The Hall–Kier alpha value is -1.61. The number of nitrogens with zero attached hydrogens (tertiary/aromatic N) is 1. The highest BCUT2D eigenvalue weighted by Crippen LogP contribution is 2.22. The minimum absolute atomic E-state index is 0.189. The van der Waals surface area contributed by atoms with Crippen molar-refractivity contribution in [2.45, 2.75) is 18.9 Å². The number of fused-ring (bicyclic) bond motifs is 1. The third-order valence-corrected chi connectivity index (χ3v) is 3.33. The second kappa shape index (κ2) is 4.00. The van der Waals surface area contributed by atoms with E-state index in [0.717, 1.165) is 16.5 Å². The van der Waals surface area contributed by atoms with Gasteiger partial charge in [-0.15, -0.1) is 0 Å². The van der Waals surface area contributed by atoms with Gasteiger partial charge in [-0.1, -0.05) is 18.2 Å². The first kappa shape index (κ1) is 10.5. The molecule has 1 fully saturated rings. The topological polar surface area (TPSA) is 34.0 Å². The van der Waals surface area contributed by atoms with Crippen LogP contribution in [0.1, 0.15) is 23.2 Å². The first-order chi connectivity index (χ1) is 8.25. The highest BCUT2D eigenvalue weighted by atomic mass is 16.1. The van der Waals surface area contributed by atoms with Gasteiger partial charge in [0.15, 0.2) is 5.78 Å². The minimum atomic E-state index is 0.189. The van der Waals surface area contributed by atoms with Gasteiger partial charge in [-0.05, 0) is 18.9 Å². The highest BCUT2D eigenvalue weighted by molar-refractivity contribution is 6.09. The molecule has 1 aromatic carbocycles. The number of aryl methyl sites for hydroxylation is 1. The lowest BCUT2D eigenvalue weighted by atomic mass is 10.1. The number of rotatable bonds is 4. The van der Waals surface area contributed by atoms with Crippen LogP contribution in [-0.4, -0.2) is 22.9 Å². The maximum atomic E-state index is 12.1. The number of Topliss-reactive ketones (excluding diaryl/α,β-unsaturated/α-hetero) is 1. The van der Waals surface area contributed by atoms with Gasteiger partial charge in [0.05, 0.1) is 6.54 Å². The van der Waals surface area contributed by atoms with E-state index in [-0.39, 0.29) is 5.78 Å². The summed E-state index contributed by atoms with van der Waals surface area (Å²) in [6.07, 6.45) is 4.35. The average Bonchev–Trinajstić information content (AvgIpc) is 3.11. The van der Waals surface area contributed by atoms with E-state index < -0.39 is 0 Å². The summed E-state index contributed by atoms with van der Waals surface area (Å²) in [6, 6.07) is 8.61. The van der Waals surface area contributed by atoms with Crippen LogP contribution in [-0.2, 0) is 7.05 Å². The standard InChI is InChI=1S/C14H16N2O/c1-16-9-12(11-4-2-3-5-13(11)16)14(17)8-15-10-6-7-10/h2-5,9-10,15H,6-8H2,1H3. The van der Waals surface area contributed by atoms with Crippen molar-refractivity contribution in [3.05, 3.63) is 36.0 Å². The predicted octanol–water partition coefficient (Wildman–Crippen LogP) is 2.11. The lowest BCUT2D eigenvalue weighted by Gasteiger charge is -2.00. The summed E-state index contributed by atoms with van der Waals surface area (Å²) in [7, 11) is 1.98. The van der Waals surface area contributed by atoms with E-state index in [1.807, 2.05) is 42.1 Å². The van der Waals surface area contributed by atoms with Gasteiger partial charge in [-0.3, -0.25) is 4.79 Å². The van der Waals surface area contributed by atoms with Crippen LogP contribution in [0.2, 0.25) is 0 Å². The van der Waals surface area contributed by atoms with Gasteiger partial charge >= 0.3 is 0 Å². The molecule has 1 N–H and O–H groups in total. The first-order valence-corrected chi connectivity index (χ1v) is 6.06. The van der Waals surface area contributed by atoms with Gasteiger partial charge in [-0.2, -0.15) is 0 Å². The quantitative estimate of drug-likeness (QED) is 0.813. The van der Waals surface area contributed by atoms with Crippen LogP contribution >= 0.6 is 0 Å². The molecular formula is C14H16N2O. The molecule has 0 bridgehead atoms. The third kappa shape index (κ3) is 1.98. The number of aromatic nitrogens is 1. The van der Waals surface area contributed by atoms with Gasteiger partial charge in [-0.25, -0.2) is 0 Å². The van der Waals surface area contributed by atoms with Crippen LogP contribution < -0.4 is 5.32 Å². The maximum Gasteiger partial charge on any atom is 0.178 e. The summed E-state index contributed by atoms with van der Waals surface area (Å²) in [4.78, 5) is 12.1. The van der Waals surface area contributed by atoms with Crippen molar-refractivity contribution in [3.63, 3.8) is 0 Å². The molecule has 1 aliphatic rings. The summed E-state index contributed by atoms with van der Waals surface area (Å²) in [5.74, 6) is 0.189. The molecule has 0 aliphatic heterocycles. The van der Waals surface area contributed by atoms with Gasteiger partial charge < -0.3 is 9.88 Å². The van der Waals surface area contributed by atoms with Crippen LogP contribution in [0, 0.1) is 0 Å². The fourth-order valence-corrected chi connectivity index (χ4v) is 2.18. The predicted molar refractivity (Wildman–Crippen MR) is 68.3 cm³/mol.